The first-order chi connectivity index (χ1) is 9.06. The zero-order valence-corrected chi connectivity index (χ0v) is 13.6. The predicted molar refractivity (Wildman–Crippen MR) is 83.5 cm³/mol. The summed E-state index contributed by atoms with van der Waals surface area (Å²) in [7, 11) is 0. The normalized spacial score (nSPS) is 18.1. The van der Waals surface area contributed by atoms with E-state index in [2.05, 4.69) is 21.2 Å². The average molecular weight is 365 g/mol. The molecule has 5 heteroatoms. The van der Waals surface area contributed by atoms with E-state index in [1.165, 1.54) is 6.42 Å². The summed E-state index contributed by atoms with van der Waals surface area (Å²) in [6.45, 7) is 0. The lowest BCUT2D eigenvalue weighted by atomic mass is 9.83. The van der Waals surface area contributed by atoms with Gasteiger partial charge in [-0.05, 0) is 31.0 Å². The molecule has 1 aliphatic carbocycles. The minimum absolute atomic E-state index is 0.145. The number of rotatable bonds is 3. The maximum Gasteiger partial charge on any atom is 0.253 e. The number of halogens is 3. The lowest BCUT2D eigenvalue weighted by Gasteiger charge is -2.36. The molecular formula is C14H16BrCl2NO. The summed E-state index contributed by atoms with van der Waals surface area (Å²) in [6.07, 6.45) is 5.54. The van der Waals surface area contributed by atoms with Crippen LogP contribution in [0.3, 0.4) is 0 Å². The Balaban J connectivity index is 2.17. The third-order valence-electron chi connectivity index (χ3n) is 3.62. The fourth-order valence-electron chi connectivity index (χ4n) is 2.50. The van der Waals surface area contributed by atoms with Crippen molar-refractivity contribution >= 4 is 45.0 Å². The first-order valence-corrected chi connectivity index (χ1v) is 8.28. The van der Waals surface area contributed by atoms with Gasteiger partial charge in [0.1, 0.15) is 0 Å². The zero-order chi connectivity index (χ0) is 13.9. The molecule has 1 fully saturated rings. The molecule has 1 aromatic rings. The molecule has 1 saturated carbocycles. The van der Waals surface area contributed by atoms with Crippen LogP contribution in [-0.4, -0.2) is 16.8 Å². The van der Waals surface area contributed by atoms with Crippen LogP contribution in [0.4, 0.5) is 0 Å². The SMILES string of the molecule is O=C(NC1(CBr)CCCCC1)c1cc(Cl)ccc1Cl. The van der Waals surface area contributed by atoms with Gasteiger partial charge < -0.3 is 5.32 Å². The Morgan fingerprint density at radius 3 is 2.58 bits per heavy atom. The monoisotopic (exact) mass is 363 g/mol. The van der Waals surface area contributed by atoms with Gasteiger partial charge in [0, 0.05) is 10.4 Å². The van der Waals surface area contributed by atoms with Gasteiger partial charge in [0.15, 0.2) is 0 Å². The second kappa shape index (κ2) is 6.47. The van der Waals surface area contributed by atoms with Gasteiger partial charge in [-0.25, -0.2) is 0 Å². The maximum absolute atomic E-state index is 12.4. The third-order valence-corrected chi connectivity index (χ3v) is 5.26. The summed E-state index contributed by atoms with van der Waals surface area (Å²) >= 11 is 15.5. The number of hydrogen-bond acceptors (Lipinski definition) is 1. The van der Waals surface area contributed by atoms with E-state index in [4.69, 9.17) is 23.2 Å². The van der Waals surface area contributed by atoms with Crippen LogP contribution in [0.5, 0.6) is 0 Å². The van der Waals surface area contributed by atoms with Gasteiger partial charge in [-0.15, -0.1) is 0 Å². The average Bonchev–Trinajstić information content (AvgIpc) is 2.42. The van der Waals surface area contributed by atoms with Crippen LogP contribution in [0.15, 0.2) is 18.2 Å². The minimum atomic E-state index is -0.152. The van der Waals surface area contributed by atoms with Crippen molar-refractivity contribution < 1.29 is 4.79 Å². The van der Waals surface area contributed by atoms with Crippen molar-refractivity contribution in [3.05, 3.63) is 33.8 Å². The number of carbonyl (C=O) groups is 1. The molecule has 0 bridgehead atoms. The molecule has 104 valence electrons. The fourth-order valence-corrected chi connectivity index (χ4v) is 3.58. The van der Waals surface area contributed by atoms with E-state index in [1.807, 2.05) is 0 Å². The molecule has 19 heavy (non-hydrogen) atoms. The van der Waals surface area contributed by atoms with Crippen LogP contribution < -0.4 is 5.32 Å². The van der Waals surface area contributed by atoms with Crippen LogP contribution in [0, 0.1) is 0 Å². The molecule has 0 atom stereocenters. The molecule has 1 aromatic carbocycles. The molecule has 0 spiro atoms. The largest absolute Gasteiger partial charge is 0.346 e. The molecule has 1 amide bonds. The van der Waals surface area contributed by atoms with Crippen LogP contribution >= 0.6 is 39.1 Å². The fraction of sp³-hybridized carbons (Fsp3) is 0.500. The van der Waals surface area contributed by atoms with Crippen molar-refractivity contribution in [3.63, 3.8) is 0 Å². The molecular weight excluding hydrogens is 349 g/mol. The van der Waals surface area contributed by atoms with E-state index in [9.17, 15) is 4.79 Å². The lowest BCUT2D eigenvalue weighted by molar-refractivity contribution is 0.0886. The van der Waals surface area contributed by atoms with Gasteiger partial charge in [-0.2, -0.15) is 0 Å². The number of hydrogen-bond donors (Lipinski definition) is 1. The van der Waals surface area contributed by atoms with E-state index in [1.54, 1.807) is 18.2 Å². The van der Waals surface area contributed by atoms with Crippen molar-refractivity contribution in [2.45, 2.75) is 37.6 Å². The summed E-state index contributed by atoms with van der Waals surface area (Å²) in [4.78, 5) is 12.4. The summed E-state index contributed by atoms with van der Waals surface area (Å²) in [6, 6.07) is 4.95. The second-order valence-corrected chi connectivity index (χ2v) is 6.46. The molecule has 0 saturated heterocycles. The summed E-state index contributed by atoms with van der Waals surface area (Å²) in [5, 5.41) is 4.86. The van der Waals surface area contributed by atoms with Crippen LogP contribution in [-0.2, 0) is 0 Å². The molecule has 0 unspecified atom stereocenters. The van der Waals surface area contributed by atoms with Crippen molar-refractivity contribution in [1.29, 1.82) is 0 Å². The molecule has 1 N–H and O–H groups in total. The van der Waals surface area contributed by atoms with E-state index < -0.39 is 0 Å². The lowest BCUT2D eigenvalue weighted by Crippen LogP contribution is -2.51. The quantitative estimate of drug-likeness (QED) is 0.765. The first-order valence-electron chi connectivity index (χ1n) is 6.40. The Morgan fingerprint density at radius 1 is 1.26 bits per heavy atom. The number of alkyl halides is 1. The Labute approximate surface area is 132 Å². The number of amides is 1. The van der Waals surface area contributed by atoms with Crippen LogP contribution in [0.2, 0.25) is 10.0 Å². The number of carbonyl (C=O) groups excluding carboxylic acids is 1. The van der Waals surface area contributed by atoms with Gasteiger partial charge >= 0.3 is 0 Å². The first kappa shape index (κ1) is 15.1. The summed E-state index contributed by atoms with van der Waals surface area (Å²) < 4.78 is 0. The highest BCUT2D eigenvalue weighted by molar-refractivity contribution is 9.09. The van der Waals surface area contributed by atoms with E-state index in [0.717, 1.165) is 31.0 Å². The van der Waals surface area contributed by atoms with E-state index in [0.29, 0.717) is 15.6 Å². The molecule has 2 rings (SSSR count). The molecule has 0 aliphatic heterocycles. The summed E-state index contributed by atoms with van der Waals surface area (Å²) in [5.41, 5.74) is 0.293. The summed E-state index contributed by atoms with van der Waals surface area (Å²) in [5.74, 6) is -0.145. The van der Waals surface area contributed by atoms with Gasteiger partial charge in [-0.3, -0.25) is 4.79 Å². The molecule has 1 aliphatic rings. The van der Waals surface area contributed by atoms with Gasteiger partial charge in [0.05, 0.1) is 16.1 Å². The van der Waals surface area contributed by atoms with Crippen LogP contribution in [0.1, 0.15) is 42.5 Å². The number of benzene rings is 1. The Bertz CT molecular complexity index is 473. The molecule has 0 radical (unpaired) electrons. The van der Waals surface area contributed by atoms with Crippen molar-refractivity contribution in [1.82, 2.24) is 5.32 Å². The van der Waals surface area contributed by atoms with E-state index >= 15 is 0 Å². The molecule has 0 heterocycles. The highest BCUT2D eigenvalue weighted by atomic mass is 79.9. The van der Waals surface area contributed by atoms with Crippen molar-refractivity contribution in [2.24, 2.45) is 0 Å². The van der Waals surface area contributed by atoms with Gasteiger partial charge in [-0.1, -0.05) is 58.4 Å². The molecule has 0 aromatic heterocycles. The predicted octanol–water partition coefficient (Wildman–Crippen LogP) is 4.82. The van der Waals surface area contributed by atoms with Crippen molar-refractivity contribution in [2.75, 3.05) is 5.33 Å². The highest BCUT2D eigenvalue weighted by Crippen LogP contribution is 2.31. The topological polar surface area (TPSA) is 29.1 Å². The van der Waals surface area contributed by atoms with Crippen molar-refractivity contribution in [3.8, 4) is 0 Å². The van der Waals surface area contributed by atoms with Gasteiger partial charge in [0.25, 0.3) is 5.91 Å². The zero-order valence-electron chi connectivity index (χ0n) is 10.5. The third kappa shape index (κ3) is 3.65. The number of nitrogens with one attached hydrogen (secondary N) is 1. The maximum atomic E-state index is 12.4. The smallest absolute Gasteiger partial charge is 0.253 e. The highest BCUT2D eigenvalue weighted by Gasteiger charge is 2.33. The van der Waals surface area contributed by atoms with Crippen LogP contribution in [0.25, 0.3) is 0 Å². The molecule has 2 nitrogen and oxygen atoms in total. The standard InChI is InChI=1S/C14H16BrCl2NO/c15-9-14(6-2-1-3-7-14)18-13(19)11-8-10(16)4-5-12(11)17/h4-5,8H,1-3,6-7,9H2,(H,18,19). The Hall–Kier alpha value is -0.250. The van der Waals surface area contributed by atoms with E-state index in [-0.39, 0.29) is 11.4 Å². The Kier molecular flexibility index (Phi) is 5.15. The Morgan fingerprint density at radius 2 is 1.95 bits per heavy atom. The van der Waals surface area contributed by atoms with Gasteiger partial charge in [0.2, 0.25) is 0 Å². The minimum Gasteiger partial charge on any atom is -0.346 e. The second-order valence-electron chi connectivity index (χ2n) is 5.05.